The molecular formula is C16H29N3O2. The summed E-state index contributed by atoms with van der Waals surface area (Å²) < 4.78 is 11.3. The molecule has 5 heteroatoms. The van der Waals surface area contributed by atoms with Gasteiger partial charge in [0.2, 0.25) is 11.7 Å². The Morgan fingerprint density at radius 2 is 2.05 bits per heavy atom. The van der Waals surface area contributed by atoms with Gasteiger partial charge in [-0.3, -0.25) is 0 Å². The Kier molecular flexibility index (Phi) is 6.64. The Bertz CT molecular complexity index is 402. The van der Waals surface area contributed by atoms with Crippen LogP contribution in [-0.4, -0.2) is 16.7 Å². The summed E-state index contributed by atoms with van der Waals surface area (Å²) in [6.07, 6.45) is 9.31. The fraction of sp³-hybridized carbons (Fsp3) is 0.875. The number of ether oxygens (including phenoxy) is 1. The maximum absolute atomic E-state index is 6.11. The molecule has 0 aliphatic heterocycles. The predicted molar refractivity (Wildman–Crippen MR) is 81.7 cm³/mol. The molecule has 1 aromatic heterocycles. The second kappa shape index (κ2) is 8.49. The Hall–Kier alpha value is -0.940. The van der Waals surface area contributed by atoms with Crippen LogP contribution in [0.1, 0.15) is 89.1 Å². The molecule has 120 valence electrons. The lowest BCUT2D eigenvalue weighted by Gasteiger charge is -2.27. The topological polar surface area (TPSA) is 74.2 Å². The predicted octanol–water partition coefficient (Wildman–Crippen LogP) is 3.92. The van der Waals surface area contributed by atoms with E-state index < -0.39 is 0 Å². The molecule has 0 amide bonds. The van der Waals surface area contributed by atoms with Crippen molar-refractivity contribution < 1.29 is 9.26 Å². The van der Waals surface area contributed by atoms with Crippen LogP contribution in [0.15, 0.2) is 4.52 Å². The van der Waals surface area contributed by atoms with Crippen molar-refractivity contribution in [3.8, 4) is 0 Å². The third-order valence-corrected chi connectivity index (χ3v) is 4.32. The van der Waals surface area contributed by atoms with Gasteiger partial charge in [0.25, 0.3) is 0 Å². The van der Waals surface area contributed by atoms with E-state index in [1.54, 1.807) is 0 Å². The first-order chi connectivity index (χ1) is 10.3. The fourth-order valence-corrected chi connectivity index (χ4v) is 3.10. The first kappa shape index (κ1) is 16.4. The van der Waals surface area contributed by atoms with Crippen LogP contribution in [0, 0.1) is 5.92 Å². The summed E-state index contributed by atoms with van der Waals surface area (Å²) in [7, 11) is 0. The minimum absolute atomic E-state index is 0.0359. The molecule has 1 fully saturated rings. The van der Waals surface area contributed by atoms with E-state index in [1.807, 2.05) is 6.92 Å². The number of rotatable bonds is 8. The molecule has 2 rings (SSSR count). The highest BCUT2D eigenvalue weighted by Gasteiger charge is 2.30. The normalized spacial score (nSPS) is 19.6. The van der Waals surface area contributed by atoms with Crippen LogP contribution >= 0.6 is 0 Å². The molecule has 2 atom stereocenters. The van der Waals surface area contributed by atoms with Gasteiger partial charge in [-0.15, -0.1) is 0 Å². The molecule has 1 aromatic rings. The monoisotopic (exact) mass is 295 g/mol. The molecule has 1 aliphatic carbocycles. The van der Waals surface area contributed by atoms with E-state index in [0.717, 1.165) is 19.3 Å². The second-order valence-corrected chi connectivity index (χ2v) is 6.01. The highest BCUT2D eigenvalue weighted by atomic mass is 16.5. The van der Waals surface area contributed by atoms with E-state index in [0.29, 0.717) is 24.2 Å². The Morgan fingerprint density at radius 1 is 1.29 bits per heavy atom. The molecule has 5 nitrogen and oxygen atoms in total. The Balaban J connectivity index is 2.04. The molecule has 1 aliphatic rings. The molecule has 21 heavy (non-hydrogen) atoms. The number of nitrogens with two attached hydrogens (primary N) is 1. The van der Waals surface area contributed by atoms with Crippen molar-refractivity contribution in [2.75, 3.05) is 6.61 Å². The highest BCUT2D eigenvalue weighted by molar-refractivity contribution is 4.97. The standard InChI is InChI=1S/C16H29N3O2/c1-3-5-11-13(17)16-18-15(19-21-16)14(20-4-2)12-9-7-6-8-10-12/h12-14H,3-11,17H2,1-2H3. The van der Waals surface area contributed by atoms with E-state index >= 15 is 0 Å². The SMILES string of the molecule is CCCCC(N)c1nc(C(OCC)C2CCCCC2)no1. The largest absolute Gasteiger partial charge is 0.370 e. The zero-order valence-corrected chi connectivity index (χ0v) is 13.4. The summed E-state index contributed by atoms with van der Waals surface area (Å²) in [5.41, 5.74) is 6.11. The molecule has 2 unspecified atom stereocenters. The second-order valence-electron chi connectivity index (χ2n) is 6.01. The summed E-state index contributed by atoms with van der Waals surface area (Å²) in [6.45, 7) is 4.84. The minimum atomic E-state index is -0.153. The van der Waals surface area contributed by atoms with Crippen molar-refractivity contribution in [1.82, 2.24) is 10.1 Å². The summed E-state index contributed by atoms with van der Waals surface area (Å²) in [5.74, 6) is 1.75. The van der Waals surface area contributed by atoms with Crippen molar-refractivity contribution in [3.63, 3.8) is 0 Å². The van der Waals surface area contributed by atoms with Gasteiger partial charge in [-0.05, 0) is 32.1 Å². The van der Waals surface area contributed by atoms with Crippen LogP contribution in [0.2, 0.25) is 0 Å². The average Bonchev–Trinajstić information content (AvgIpc) is 3.00. The van der Waals surface area contributed by atoms with E-state index in [-0.39, 0.29) is 12.1 Å². The zero-order valence-electron chi connectivity index (χ0n) is 13.4. The van der Waals surface area contributed by atoms with Gasteiger partial charge in [0.05, 0.1) is 6.04 Å². The molecule has 0 radical (unpaired) electrons. The average molecular weight is 295 g/mol. The number of hydrogen-bond donors (Lipinski definition) is 1. The van der Waals surface area contributed by atoms with E-state index in [2.05, 4.69) is 17.1 Å². The van der Waals surface area contributed by atoms with Crippen LogP contribution in [0.3, 0.4) is 0 Å². The number of unbranched alkanes of at least 4 members (excludes halogenated alkanes) is 1. The van der Waals surface area contributed by atoms with Gasteiger partial charge in [-0.25, -0.2) is 0 Å². The van der Waals surface area contributed by atoms with Crippen LogP contribution in [0.5, 0.6) is 0 Å². The minimum Gasteiger partial charge on any atom is -0.370 e. The summed E-state index contributed by atoms with van der Waals surface area (Å²) in [6, 6.07) is -0.153. The first-order valence-corrected chi connectivity index (χ1v) is 8.46. The van der Waals surface area contributed by atoms with Gasteiger partial charge in [0.1, 0.15) is 6.10 Å². The molecule has 2 N–H and O–H groups in total. The molecule has 0 spiro atoms. The van der Waals surface area contributed by atoms with Gasteiger partial charge in [0, 0.05) is 6.61 Å². The van der Waals surface area contributed by atoms with Crippen LogP contribution in [-0.2, 0) is 4.74 Å². The van der Waals surface area contributed by atoms with E-state index in [9.17, 15) is 0 Å². The molecule has 0 saturated heterocycles. The first-order valence-electron chi connectivity index (χ1n) is 8.46. The lowest BCUT2D eigenvalue weighted by Crippen LogP contribution is -2.20. The quantitative estimate of drug-likeness (QED) is 0.786. The fourth-order valence-electron chi connectivity index (χ4n) is 3.10. The van der Waals surface area contributed by atoms with Crippen molar-refractivity contribution in [2.24, 2.45) is 11.7 Å². The lowest BCUT2D eigenvalue weighted by atomic mass is 9.85. The van der Waals surface area contributed by atoms with Crippen LogP contribution < -0.4 is 5.73 Å². The zero-order chi connectivity index (χ0) is 15.1. The van der Waals surface area contributed by atoms with Gasteiger partial charge in [-0.2, -0.15) is 4.98 Å². The molecule has 0 bridgehead atoms. The molecule has 1 heterocycles. The number of hydrogen-bond acceptors (Lipinski definition) is 5. The highest BCUT2D eigenvalue weighted by Crippen LogP contribution is 2.36. The van der Waals surface area contributed by atoms with E-state index in [1.165, 1.54) is 32.1 Å². The summed E-state index contributed by atoms with van der Waals surface area (Å²) in [5, 5.41) is 4.15. The van der Waals surface area contributed by atoms with Gasteiger partial charge < -0.3 is 15.0 Å². The third kappa shape index (κ3) is 4.51. The number of aromatic nitrogens is 2. The summed E-state index contributed by atoms with van der Waals surface area (Å²) >= 11 is 0. The lowest BCUT2D eigenvalue weighted by molar-refractivity contribution is -0.00145. The van der Waals surface area contributed by atoms with Crippen molar-refractivity contribution >= 4 is 0 Å². The molecular weight excluding hydrogens is 266 g/mol. The molecule has 1 saturated carbocycles. The molecule has 0 aromatic carbocycles. The maximum Gasteiger partial charge on any atom is 0.243 e. The van der Waals surface area contributed by atoms with Crippen LogP contribution in [0.4, 0.5) is 0 Å². The Morgan fingerprint density at radius 3 is 2.71 bits per heavy atom. The van der Waals surface area contributed by atoms with Crippen molar-refractivity contribution in [3.05, 3.63) is 11.7 Å². The van der Waals surface area contributed by atoms with E-state index in [4.69, 9.17) is 15.0 Å². The van der Waals surface area contributed by atoms with Gasteiger partial charge in [0.15, 0.2) is 0 Å². The number of nitrogens with zero attached hydrogens (tertiary/aromatic N) is 2. The van der Waals surface area contributed by atoms with Crippen LogP contribution in [0.25, 0.3) is 0 Å². The third-order valence-electron chi connectivity index (χ3n) is 4.32. The van der Waals surface area contributed by atoms with Crippen molar-refractivity contribution in [2.45, 2.75) is 77.4 Å². The van der Waals surface area contributed by atoms with Gasteiger partial charge >= 0.3 is 0 Å². The summed E-state index contributed by atoms with van der Waals surface area (Å²) in [4.78, 5) is 4.53. The van der Waals surface area contributed by atoms with Gasteiger partial charge in [-0.1, -0.05) is 44.2 Å². The maximum atomic E-state index is 6.11. The smallest absolute Gasteiger partial charge is 0.243 e. The Labute approximate surface area is 127 Å². The van der Waals surface area contributed by atoms with Crippen molar-refractivity contribution in [1.29, 1.82) is 0 Å².